The van der Waals surface area contributed by atoms with Crippen LogP contribution in [0, 0.1) is 0 Å². The summed E-state index contributed by atoms with van der Waals surface area (Å²) < 4.78 is 0.944. The van der Waals surface area contributed by atoms with Crippen molar-refractivity contribution in [1.82, 2.24) is 0 Å². The maximum absolute atomic E-state index is 2.20. The van der Waals surface area contributed by atoms with Gasteiger partial charge in [-0.25, -0.2) is 0 Å². The normalized spacial score (nSPS) is 26.4. The lowest BCUT2D eigenvalue weighted by molar-refractivity contribution is -0.799. The van der Waals surface area contributed by atoms with Gasteiger partial charge in [0.2, 0.25) is 0 Å². The molecule has 46 valence electrons. The molecule has 2 bridgehead atoms. The molecule has 0 spiro atoms. The molecule has 2 heterocycles. The van der Waals surface area contributed by atoms with Crippen LogP contribution in [0.2, 0.25) is 0 Å². The van der Waals surface area contributed by atoms with E-state index >= 15 is 0 Å². The second-order valence-electron chi connectivity index (χ2n) is 2.97. The van der Waals surface area contributed by atoms with Gasteiger partial charge in [0.15, 0.2) is 0 Å². The zero-order chi connectivity index (χ0) is 6.48. The van der Waals surface area contributed by atoms with E-state index in [0.29, 0.717) is 0 Å². The smallest absolute Gasteiger partial charge is 0.137 e. The number of hydrogen-bond donors (Lipinski definition) is 0. The van der Waals surface area contributed by atoms with Crippen molar-refractivity contribution in [2.45, 2.75) is 0 Å². The highest BCUT2D eigenvalue weighted by Gasteiger charge is 2.33. The SMILES string of the molecule is C[N+]1(C)C2=CC=C1C=C2. The van der Waals surface area contributed by atoms with Crippen LogP contribution >= 0.6 is 0 Å². The molecule has 0 saturated carbocycles. The van der Waals surface area contributed by atoms with Gasteiger partial charge in [0.1, 0.15) is 11.4 Å². The molecular formula is C8H10N+. The van der Waals surface area contributed by atoms with Crippen molar-refractivity contribution in [2.24, 2.45) is 0 Å². The molecule has 0 N–H and O–H groups in total. The minimum Gasteiger partial charge on any atom is -0.264 e. The van der Waals surface area contributed by atoms with Gasteiger partial charge in [0.05, 0.1) is 14.1 Å². The largest absolute Gasteiger partial charge is 0.264 e. The van der Waals surface area contributed by atoms with Crippen molar-refractivity contribution in [3.63, 3.8) is 0 Å². The molecule has 0 aromatic rings. The number of nitrogens with zero attached hydrogens (tertiary/aromatic N) is 1. The van der Waals surface area contributed by atoms with Gasteiger partial charge in [-0.15, -0.1) is 0 Å². The fourth-order valence-electron chi connectivity index (χ4n) is 1.35. The zero-order valence-electron chi connectivity index (χ0n) is 5.76. The van der Waals surface area contributed by atoms with E-state index in [-0.39, 0.29) is 0 Å². The third kappa shape index (κ3) is 0.429. The van der Waals surface area contributed by atoms with Gasteiger partial charge in [-0.3, -0.25) is 4.48 Å². The van der Waals surface area contributed by atoms with Crippen LogP contribution in [-0.4, -0.2) is 18.6 Å². The lowest BCUT2D eigenvalue weighted by Gasteiger charge is -2.21. The molecule has 0 aromatic heterocycles. The van der Waals surface area contributed by atoms with E-state index in [1.807, 2.05) is 0 Å². The minimum atomic E-state index is 0.944. The molecule has 0 unspecified atom stereocenters. The lowest BCUT2D eigenvalue weighted by atomic mass is 10.3. The molecule has 0 atom stereocenters. The van der Waals surface area contributed by atoms with Crippen molar-refractivity contribution >= 4 is 0 Å². The number of rotatable bonds is 0. The number of hydrogen-bond acceptors (Lipinski definition) is 0. The van der Waals surface area contributed by atoms with E-state index in [0.717, 1.165) is 4.48 Å². The number of likely N-dealkylation sites (N-methyl/N-ethyl adjacent to an activating group) is 1. The summed E-state index contributed by atoms with van der Waals surface area (Å²) in [5.41, 5.74) is 2.79. The summed E-state index contributed by atoms with van der Waals surface area (Å²) in [5, 5.41) is 0. The molecule has 9 heavy (non-hydrogen) atoms. The minimum absolute atomic E-state index is 0.944. The molecule has 0 radical (unpaired) electrons. The topological polar surface area (TPSA) is 0 Å². The highest BCUT2D eigenvalue weighted by atomic mass is 15.3. The molecule has 0 saturated heterocycles. The lowest BCUT2D eigenvalue weighted by Crippen LogP contribution is -2.30. The van der Waals surface area contributed by atoms with E-state index in [9.17, 15) is 0 Å². The molecule has 0 fully saturated rings. The fourth-order valence-corrected chi connectivity index (χ4v) is 1.35. The summed E-state index contributed by atoms with van der Waals surface area (Å²) in [6.07, 6.45) is 8.70. The summed E-state index contributed by atoms with van der Waals surface area (Å²) in [6.45, 7) is 0. The predicted molar refractivity (Wildman–Crippen MR) is 37.4 cm³/mol. The van der Waals surface area contributed by atoms with E-state index in [2.05, 4.69) is 38.4 Å². The average Bonchev–Trinajstić information content (AvgIpc) is 2.24. The summed E-state index contributed by atoms with van der Waals surface area (Å²) in [7, 11) is 4.40. The first-order valence-corrected chi connectivity index (χ1v) is 3.16. The monoisotopic (exact) mass is 120 g/mol. The standard InChI is InChI=1S/C8H10N/c1-9(2)7-3-4-8(9)6-5-7/h3-6H,1-2H3/q+1. The zero-order valence-corrected chi connectivity index (χ0v) is 5.76. The molecule has 2 aliphatic rings. The Hall–Kier alpha value is -0.820. The Morgan fingerprint density at radius 1 is 1.00 bits per heavy atom. The molecule has 1 heteroatoms. The second-order valence-corrected chi connectivity index (χ2v) is 2.97. The molecule has 0 aliphatic carbocycles. The Balaban J connectivity index is 2.61. The van der Waals surface area contributed by atoms with Crippen molar-refractivity contribution < 1.29 is 4.48 Å². The van der Waals surface area contributed by atoms with E-state index in [4.69, 9.17) is 0 Å². The van der Waals surface area contributed by atoms with E-state index in [1.54, 1.807) is 0 Å². The van der Waals surface area contributed by atoms with E-state index in [1.165, 1.54) is 11.4 Å². The molecule has 0 aromatic carbocycles. The van der Waals surface area contributed by atoms with Crippen LogP contribution in [0.15, 0.2) is 35.7 Å². The van der Waals surface area contributed by atoms with Gasteiger partial charge in [-0.05, 0) is 0 Å². The maximum Gasteiger partial charge on any atom is 0.137 e. The quantitative estimate of drug-likeness (QED) is 0.424. The van der Waals surface area contributed by atoms with Crippen LogP contribution in [0.3, 0.4) is 0 Å². The first kappa shape index (κ1) is 5.00. The van der Waals surface area contributed by atoms with Gasteiger partial charge in [0, 0.05) is 24.3 Å². The summed E-state index contributed by atoms with van der Waals surface area (Å²) in [6, 6.07) is 0. The molecule has 2 aliphatic heterocycles. The van der Waals surface area contributed by atoms with Crippen molar-refractivity contribution in [1.29, 1.82) is 0 Å². The van der Waals surface area contributed by atoms with Gasteiger partial charge < -0.3 is 0 Å². The van der Waals surface area contributed by atoms with Gasteiger partial charge in [0.25, 0.3) is 0 Å². The van der Waals surface area contributed by atoms with Crippen LogP contribution < -0.4 is 0 Å². The second kappa shape index (κ2) is 1.19. The van der Waals surface area contributed by atoms with E-state index < -0.39 is 0 Å². The highest BCUT2D eigenvalue weighted by molar-refractivity contribution is 5.40. The Morgan fingerprint density at radius 3 is 1.56 bits per heavy atom. The molecule has 1 nitrogen and oxygen atoms in total. The Bertz CT molecular complexity index is 217. The summed E-state index contributed by atoms with van der Waals surface area (Å²) in [5.74, 6) is 0. The van der Waals surface area contributed by atoms with Crippen LogP contribution in [0.25, 0.3) is 0 Å². The Kier molecular flexibility index (Phi) is 0.662. The third-order valence-electron chi connectivity index (χ3n) is 2.14. The first-order valence-electron chi connectivity index (χ1n) is 3.16. The Labute approximate surface area is 55.2 Å². The third-order valence-corrected chi connectivity index (χ3v) is 2.14. The molecule has 2 rings (SSSR count). The number of allylic oxidation sites excluding steroid dienone is 4. The average molecular weight is 120 g/mol. The van der Waals surface area contributed by atoms with Crippen LogP contribution in [-0.2, 0) is 0 Å². The number of quaternary nitrogens is 1. The summed E-state index contributed by atoms with van der Waals surface area (Å²) in [4.78, 5) is 0. The van der Waals surface area contributed by atoms with Gasteiger partial charge >= 0.3 is 0 Å². The Morgan fingerprint density at radius 2 is 1.44 bits per heavy atom. The van der Waals surface area contributed by atoms with Crippen LogP contribution in [0.1, 0.15) is 0 Å². The van der Waals surface area contributed by atoms with Gasteiger partial charge in [-0.1, -0.05) is 0 Å². The predicted octanol–water partition coefficient (Wildman–Crippen LogP) is 1.41. The van der Waals surface area contributed by atoms with Crippen molar-refractivity contribution in [2.75, 3.05) is 14.1 Å². The van der Waals surface area contributed by atoms with Crippen molar-refractivity contribution in [3.05, 3.63) is 35.7 Å². The maximum atomic E-state index is 2.20. The fraction of sp³-hybridized carbons (Fsp3) is 0.250. The molecule has 0 amide bonds. The van der Waals surface area contributed by atoms with Crippen LogP contribution in [0.5, 0.6) is 0 Å². The number of fused-ring (bicyclic) bond motifs is 2. The van der Waals surface area contributed by atoms with Gasteiger partial charge in [-0.2, -0.15) is 0 Å². The first-order chi connectivity index (χ1) is 4.21. The van der Waals surface area contributed by atoms with Crippen LogP contribution in [0.4, 0.5) is 0 Å². The molecular weight excluding hydrogens is 110 g/mol. The highest BCUT2D eigenvalue weighted by Crippen LogP contribution is 2.33. The summed E-state index contributed by atoms with van der Waals surface area (Å²) >= 11 is 0. The van der Waals surface area contributed by atoms with Crippen molar-refractivity contribution in [3.8, 4) is 0 Å².